The lowest BCUT2D eigenvalue weighted by Gasteiger charge is -2.10. The Morgan fingerprint density at radius 1 is 0.870 bits per heavy atom. The number of pyridine rings is 1. The Morgan fingerprint density at radius 2 is 1.39 bits per heavy atom. The third-order valence-electron chi connectivity index (χ3n) is 4.47. The van der Waals surface area contributed by atoms with Gasteiger partial charge in [0.05, 0.1) is 4.90 Å². The first-order valence-electron chi connectivity index (χ1n) is 7.47. The summed E-state index contributed by atoms with van der Waals surface area (Å²) in [5.41, 5.74) is 4.66. The first-order valence-corrected chi connectivity index (χ1v) is 9.01. The Morgan fingerprint density at radius 3 is 1.87 bits per heavy atom. The Bertz CT molecular complexity index is 923. The molecule has 1 heterocycles. The van der Waals surface area contributed by atoms with Gasteiger partial charge in [-0.05, 0) is 59.4 Å². The highest BCUT2D eigenvalue weighted by Gasteiger charge is 2.43. The van der Waals surface area contributed by atoms with Crippen molar-refractivity contribution in [2.24, 2.45) is 10.6 Å². The molecule has 4 nitrogen and oxygen atoms in total. The number of sulfonamides is 1. The molecule has 2 aliphatic rings. The second-order valence-electron chi connectivity index (χ2n) is 6.15. The number of hydrogen-bond donors (Lipinski definition) is 1. The van der Waals surface area contributed by atoms with Crippen molar-refractivity contribution in [2.75, 3.05) is 0 Å². The minimum atomic E-state index is -3.66. The van der Waals surface area contributed by atoms with Gasteiger partial charge in [-0.25, -0.2) is 13.6 Å². The van der Waals surface area contributed by atoms with Gasteiger partial charge in [-0.1, -0.05) is 24.3 Å². The maximum absolute atomic E-state index is 11.4. The quantitative estimate of drug-likeness (QED) is 0.943. The van der Waals surface area contributed by atoms with Gasteiger partial charge in [-0.3, -0.25) is 4.98 Å². The third-order valence-corrected chi connectivity index (χ3v) is 5.40. The van der Waals surface area contributed by atoms with Crippen LogP contribution in [0.1, 0.15) is 24.0 Å². The molecule has 1 fully saturated rings. The summed E-state index contributed by atoms with van der Waals surface area (Å²) in [7, 11) is -3.66. The van der Waals surface area contributed by atoms with Crippen LogP contribution in [0.25, 0.3) is 11.1 Å². The van der Waals surface area contributed by atoms with E-state index in [1.54, 1.807) is 24.5 Å². The summed E-state index contributed by atoms with van der Waals surface area (Å²) in [4.78, 5) is 4.21. The predicted molar refractivity (Wildman–Crippen MR) is 89.7 cm³/mol. The zero-order valence-corrected chi connectivity index (χ0v) is 13.3. The molecule has 2 aliphatic carbocycles. The maximum Gasteiger partial charge on any atom is 0.238 e. The van der Waals surface area contributed by atoms with E-state index in [1.807, 2.05) is 24.3 Å². The summed E-state index contributed by atoms with van der Waals surface area (Å²) in [6.45, 7) is 0. The van der Waals surface area contributed by atoms with Crippen molar-refractivity contribution < 1.29 is 8.42 Å². The summed E-state index contributed by atoms with van der Waals surface area (Å²) < 4.78 is 22.8. The van der Waals surface area contributed by atoms with E-state index >= 15 is 0 Å². The molecular weight excluding hydrogens is 308 g/mol. The number of aromatic nitrogens is 1. The molecular formula is C18H16N2O2S. The van der Waals surface area contributed by atoms with E-state index in [9.17, 15) is 8.42 Å². The van der Waals surface area contributed by atoms with Crippen molar-refractivity contribution in [2.45, 2.75) is 17.7 Å². The zero-order chi connectivity index (χ0) is 16.1. The molecule has 23 heavy (non-hydrogen) atoms. The van der Waals surface area contributed by atoms with Gasteiger partial charge in [0, 0.05) is 17.8 Å². The molecule has 5 heteroatoms. The SMILES string of the molecule is NS(=O)(=O)c1ccc(C2=CC3(C=C2c2ccncc2)CC3)cc1. The third kappa shape index (κ3) is 2.62. The number of nitrogens with zero attached hydrogens (tertiary/aromatic N) is 1. The van der Waals surface area contributed by atoms with Gasteiger partial charge in [0.1, 0.15) is 0 Å². The molecule has 116 valence electrons. The lowest BCUT2D eigenvalue weighted by Crippen LogP contribution is -2.11. The highest BCUT2D eigenvalue weighted by atomic mass is 32.2. The number of primary sulfonamides is 1. The first kappa shape index (κ1) is 14.4. The molecule has 0 amide bonds. The second-order valence-corrected chi connectivity index (χ2v) is 7.72. The monoisotopic (exact) mass is 324 g/mol. The molecule has 1 saturated carbocycles. The van der Waals surface area contributed by atoms with Gasteiger partial charge in [-0.15, -0.1) is 0 Å². The second kappa shape index (κ2) is 4.88. The minimum absolute atomic E-state index is 0.135. The van der Waals surface area contributed by atoms with Gasteiger partial charge in [0.25, 0.3) is 0 Å². The predicted octanol–water partition coefficient (Wildman–Crippen LogP) is 2.99. The van der Waals surface area contributed by atoms with Gasteiger partial charge < -0.3 is 0 Å². The van der Waals surface area contributed by atoms with Crippen LogP contribution in [0.5, 0.6) is 0 Å². The normalized spacial score (nSPS) is 18.7. The Balaban J connectivity index is 1.77. The molecule has 0 saturated heterocycles. The summed E-state index contributed by atoms with van der Waals surface area (Å²) >= 11 is 0. The summed E-state index contributed by atoms with van der Waals surface area (Å²) in [6, 6.07) is 10.8. The number of allylic oxidation sites excluding steroid dienone is 4. The maximum atomic E-state index is 11.4. The lowest BCUT2D eigenvalue weighted by atomic mass is 9.96. The van der Waals surface area contributed by atoms with E-state index in [0.29, 0.717) is 0 Å². The minimum Gasteiger partial charge on any atom is -0.265 e. The fourth-order valence-corrected chi connectivity index (χ4v) is 3.55. The summed E-state index contributed by atoms with van der Waals surface area (Å²) in [6.07, 6.45) is 10.5. The van der Waals surface area contributed by atoms with E-state index in [2.05, 4.69) is 17.1 Å². The Labute approximate surface area is 135 Å². The van der Waals surface area contributed by atoms with Crippen molar-refractivity contribution in [3.63, 3.8) is 0 Å². The highest BCUT2D eigenvalue weighted by molar-refractivity contribution is 7.89. The van der Waals surface area contributed by atoms with E-state index in [-0.39, 0.29) is 10.3 Å². The molecule has 0 aliphatic heterocycles. The molecule has 0 bridgehead atoms. The molecule has 0 unspecified atom stereocenters. The van der Waals surface area contributed by atoms with Gasteiger partial charge in [0.15, 0.2) is 0 Å². The van der Waals surface area contributed by atoms with Crippen molar-refractivity contribution in [3.05, 3.63) is 72.1 Å². The van der Waals surface area contributed by atoms with Crippen LogP contribution in [-0.2, 0) is 10.0 Å². The van der Waals surface area contributed by atoms with Gasteiger partial charge in [-0.2, -0.15) is 0 Å². The standard InChI is InChI=1S/C18H16N2O2S/c19-23(21,22)15-3-1-13(2-4-15)16-11-18(7-8-18)12-17(16)14-5-9-20-10-6-14/h1-6,9-12H,7-8H2,(H2,19,21,22). The Kier molecular flexibility index (Phi) is 3.04. The summed E-state index contributed by atoms with van der Waals surface area (Å²) in [5, 5.41) is 5.17. The zero-order valence-electron chi connectivity index (χ0n) is 12.4. The molecule has 1 aromatic heterocycles. The first-order chi connectivity index (χ1) is 11.0. The number of rotatable bonds is 3. The van der Waals surface area contributed by atoms with Gasteiger partial charge >= 0.3 is 0 Å². The van der Waals surface area contributed by atoms with Crippen molar-refractivity contribution >= 4 is 21.2 Å². The molecule has 1 aromatic carbocycles. The number of nitrogens with two attached hydrogens (primary N) is 1. The molecule has 2 aromatic rings. The molecule has 2 N–H and O–H groups in total. The summed E-state index contributed by atoms with van der Waals surface area (Å²) in [5.74, 6) is 0. The topological polar surface area (TPSA) is 73.1 Å². The van der Waals surface area contributed by atoms with Gasteiger partial charge in [0.2, 0.25) is 10.0 Å². The smallest absolute Gasteiger partial charge is 0.238 e. The lowest BCUT2D eigenvalue weighted by molar-refractivity contribution is 0.598. The highest BCUT2D eigenvalue weighted by Crippen LogP contribution is 2.57. The van der Waals surface area contributed by atoms with Crippen LogP contribution in [0.3, 0.4) is 0 Å². The van der Waals surface area contributed by atoms with Crippen LogP contribution in [0.15, 0.2) is 65.8 Å². The van der Waals surface area contributed by atoms with Crippen molar-refractivity contribution in [3.8, 4) is 0 Å². The molecule has 0 atom stereocenters. The largest absolute Gasteiger partial charge is 0.265 e. The van der Waals surface area contributed by atoms with E-state index in [0.717, 1.165) is 16.7 Å². The fourth-order valence-electron chi connectivity index (χ4n) is 3.04. The number of hydrogen-bond acceptors (Lipinski definition) is 3. The van der Waals surface area contributed by atoms with Crippen LogP contribution in [0.2, 0.25) is 0 Å². The average Bonchev–Trinajstić information content (AvgIpc) is 3.18. The molecule has 1 spiro atoms. The van der Waals surface area contributed by atoms with E-state index in [1.165, 1.54) is 18.4 Å². The van der Waals surface area contributed by atoms with Crippen molar-refractivity contribution in [1.29, 1.82) is 0 Å². The van der Waals surface area contributed by atoms with Crippen molar-refractivity contribution in [1.82, 2.24) is 4.98 Å². The number of benzene rings is 1. The van der Waals surface area contributed by atoms with Crippen LogP contribution < -0.4 is 5.14 Å². The van der Waals surface area contributed by atoms with E-state index < -0.39 is 10.0 Å². The molecule has 4 rings (SSSR count). The van der Waals surface area contributed by atoms with Crippen LogP contribution >= 0.6 is 0 Å². The fraction of sp³-hybridized carbons (Fsp3) is 0.167. The van der Waals surface area contributed by atoms with E-state index in [4.69, 9.17) is 5.14 Å². The van der Waals surface area contributed by atoms with Crippen LogP contribution in [0.4, 0.5) is 0 Å². The average molecular weight is 324 g/mol. The Hall–Kier alpha value is -2.24. The molecule has 0 radical (unpaired) electrons. The van der Waals surface area contributed by atoms with Crippen LogP contribution in [0, 0.1) is 5.41 Å². The van der Waals surface area contributed by atoms with Crippen LogP contribution in [-0.4, -0.2) is 13.4 Å².